The number of nitrogens with zero attached hydrogens (tertiary/aromatic N) is 3. The van der Waals surface area contributed by atoms with Crippen LogP contribution in [0.3, 0.4) is 0 Å². The number of aromatic nitrogens is 1. The molecule has 0 saturated carbocycles. The van der Waals surface area contributed by atoms with E-state index in [1.807, 2.05) is 66.9 Å². The molecule has 1 heterocycles. The van der Waals surface area contributed by atoms with E-state index < -0.39 is 4.92 Å². The zero-order valence-corrected chi connectivity index (χ0v) is 19.3. The van der Waals surface area contributed by atoms with Crippen LogP contribution in [-0.4, -0.2) is 15.7 Å². The van der Waals surface area contributed by atoms with Crippen molar-refractivity contribution in [3.05, 3.63) is 136 Å². The van der Waals surface area contributed by atoms with Crippen LogP contribution in [0.2, 0.25) is 5.02 Å². The zero-order valence-electron chi connectivity index (χ0n) is 18.6. The van der Waals surface area contributed by atoms with Crippen LogP contribution in [0.15, 0.2) is 120 Å². The van der Waals surface area contributed by atoms with Gasteiger partial charge in [-0.3, -0.25) is 15.1 Å². The molecule has 5 rings (SSSR count). The molecule has 0 atom stereocenters. The standard InChI is InChI=1S/C29H20ClN3O2/c30-24-11-15-26(16-12-24)32-28(21-7-3-1-4-8-21)19-23(29(32)22-9-5-2-6-10-22)20-31-25-13-17-27(18-14-25)33(34)35/h1-20H. The molecule has 5 aromatic rings. The number of nitro groups is 1. The number of benzene rings is 4. The highest BCUT2D eigenvalue weighted by Crippen LogP contribution is 2.36. The van der Waals surface area contributed by atoms with Gasteiger partial charge in [0.15, 0.2) is 0 Å². The summed E-state index contributed by atoms with van der Waals surface area (Å²) in [5, 5.41) is 11.6. The van der Waals surface area contributed by atoms with Crippen LogP contribution in [0.5, 0.6) is 0 Å². The summed E-state index contributed by atoms with van der Waals surface area (Å²) in [7, 11) is 0. The molecular weight excluding hydrogens is 458 g/mol. The Morgan fingerprint density at radius 1 is 0.771 bits per heavy atom. The second-order valence-electron chi connectivity index (χ2n) is 7.91. The van der Waals surface area contributed by atoms with Gasteiger partial charge in [0.25, 0.3) is 5.69 Å². The maximum absolute atomic E-state index is 11.0. The number of nitro benzene ring substituents is 1. The molecule has 0 N–H and O–H groups in total. The Hall–Kier alpha value is -4.48. The van der Waals surface area contributed by atoms with E-state index in [0.717, 1.165) is 33.8 Å². The molecule has 0 bridgehead atoms. The molecular formula is C29H20ClN3O2. The van der Waals surface area contributed by atoms with Gasteiger partial charge in [0, 0.05) is 34.6 Å². The Labute approximate surface area is 207 Å². The minimum Gasteiger partial charge on any atom is -0.309 e. The fourth-order valence-corrected chi connectivity index (χ4v) is 4.13. The van der Waals surface area contributed by atoms with Crippen molar-refractivity contribution in [2.45, 2.75) is 0 Å². The summed E-state index contributed by atoms with van der Waals surface area (Å²) in [6.07, 6.45) is 1.81. The van der Waals surface area contributed by atoms with Gasteiger partial charge in [-0.05, 0) is 53.6 Å². The molecule has 0 fully saturated rings. The second kappa shape index (κ2) is 9.79. The molecule has 0 unspecified atom stereocenters. The van der Waals surface area contributed by atoms with E-state index in [1.165, 1.54) is 12.1 Å². The molecule has 0 amide bonds. The highest BCUT2D eigenvalue weighted by Gasteiger charge is 2.18. The lowest BCUT2D eigenvalue weighted by atomic mass is 10.1. The third-order valence-electron chi connectivity index (χ3n) is 5.65. The van der Waals surface area contributed by atoms with Crippen LogP contribution in [0.4, 0.5) is 11.4 Å². The van der Waals surface area contributed by atoms with Gasteiger partial charge in [-0.15, -0.1) is 0 Å². The number of hydrogen-bond donors (Lipinski definition) is 0. The Morgan fingerprint density at radius 3 is 1.97 bits per heavy atom. The van der Waals surface area contributed by atoms with Crippen LogP contribution in [0.1, 0.15) is 5.56 Å². The molecule has 35 heavy (non-hydrogen) atoms. The molecule has 0 aliphatic heterocycles. The first-order chi connectivity index (χ1) is 17.1. The fourth-order valence-electron chi connectivity index (χ4n) is 4.00. The summed E-state index contributed by atoms with van der Waals surface area (Å²) in [4.78, 5) is 15.2. The predicted octanol–water partition coefficient (Wildman–Crippen LogP) is 8.12. The van der Waals surface area contributed by atoms with E-state index in [0.29, 0.717) is 10.7 Å². The van der Waals surface area contributed by atoms with E-state index in [1.54, 1.807) is 12.1 Å². The molecule has 5 nitrogen and oxygen atoms in total. The minimum atomic E-state index is -0.417. The van der Waals surface area contributed by atoms with Gasteiger partial charge in [0.2, 0.25) is 0 Å². The predicted molar refractivity (Wildman–Crippen MR) is 142 cm³/mol. The van der Waals surface area contributed by atoms with Crippen molar-refractivity contribution < 1.29 is 4.92 Å². The maximum Gasteiger partial charge on any atom is 0.269 e. The van der Waals surface area contributed by atoms with Crippen LogP contribution in [0, 0.1) is 10.1 Å². The molecule has 170 valence electrons. The topological polar surface area (TPSA) is 60.4 Å². The van der Waals surface area contributed by atoms with Gasteiger partial charge in [-0.2, -0.15) is 0 Å². The number of hydrogen-bond acceptors (Lipinski definition) is 3. The summed E-state index contributed by atoms with van der Waals surface area (Å²) in [5.41, 5.74) is 6.66. The van der Waals surface area contributed by atoms with E-state index in [-0.39, 0.29) is 5.69 Å². The lowest BCUT2D eigenvalue weighted by molar-refractivity contribution is -0.384. The summed E-state index contributed by atoms with van der Waals surface area (Å²) in [5.74, 6) is 0. The van der Waals surface area contributed by atoms with Crippen molar-refractivity contribution in [3.63, 3.8) is 0 Å². The average Bonchev–Trinajstić information content (AvgIpc) is 3.28. The van der Waals surface area contributed by atoms with Crippen molar-refractivity contribution in [3.8, 4) is 28.2 Å². The normalized spacial score (nSPS) is 11.1. The van der Waals surface area contributed by atoms with E-state index in [2.05, 4.69) is 39.9 Å². The number of non-ortho nitro benzene ring substituents is 1. The Balaban J connectivity index is 1.72. The first kappa shape index (κ1) is 22.3. The molecule has 0 saturated heterocycles. The second-order valence-corrected chi connectivity index (χ2v) is 8.35. The molecule has 4 aromatic carbocycles. The highest BCUT2D eigenvalue weighted by atomic mass is 35.5. The smallest absolute Gasteiger partial charge is 0.269 e. The van der Waals surface area contributed by atoms with Crippen molar-refractivity contribution in [1.29, 1.82) is 0 Å². The third kappa shape index (κ3) is 4.76. The van der Waals surface area contributed by atoms with Crippen LogP contribution in [-0.2, 0) is 0 Å². The number of rotatable bonds is 6. The van der Waals surface area contributed by atoms with Crippen LogP contribution in [0.25, 0.3) is 28.2 Å². The summed E-state index contributed by atoms with van der Waals surface area (Å²) >= 11 is 6.19. The van der Waals surface area contributed by atoms with Crippen molar-refractivity contribution in [2.24, 2.45) is 4.99 Å². The van der Waals surface area contributed by atoms with E-state index in [9.17, 15) is 10.1 Å². The molecule has 0 aliphatic rings. The molecule has 0 spiro atoms. The van der Waals surface area contributed by atoms with Crippen molar-refractivity contribution >= 4 is 29.2 Å². The first-order valence-corrected chi connectivity index (χ1v) is 11.4. The lowest BCUT2D eigenvalue weighted by Gasteiger charge is -2.15. The van der Waals surface area contributed by atoms with Gasteiger partial charge in [0.1, 0.15) is 0 Å². The van der Waals surface area contributed by atoms with E-state index in [4.69, 9.17) is 11.6 Å². The maximum atomic E-state index is 11.0. The molecule has 0 radical (unpaired) electrons. The average molecular weight is 478 g/mol. The van der Waals surface area contributed by atoms with Gasteiger partial charge in [-0.1, -0.05) is 72.3 Å². The van der Waals surface area contributed by atoms with Gasteiger partial charge in [0.05, 0.1) is 22.0 Å². The third-order valence-corrected chi connectivity index (χ3v) is 5.90. The Kier molecular flexibility index (Phi) is 6.24. The SMILES string of the molecule is O=[N+]([O-])c1ccc(N=Cc2cc(-c3ccccc3)n(-c3ccc(Cl)cc3)c2-c2ccccc2)cc1. The molecule has 0 aliphatic carbocycles. The Bertz CT molecular complexity index is 1490. The molecule has 6 heteroatoms. The van der Waals surface area contributed by atoms with Gasteiger partial charge in [-0.25, -0.2) is 0 Å². The fraction of sp³-hybridized carbons (Fsp3) is 0. The quantitative estimate of drug-likeness (QED) is 0.141. The summed E-state index contributed by atoms with van der Waals surface area (Å²) < 4.78 is 2.21. The van der Waals surface area contributed by atoms with Gasteiger partial charge < -0.3 is 4.57 Å². The van der Waals surface area contributed by atoms with Crippen LogP contribution >= 0.6 is 11.6 Å². The first-order valence-electron chi connectivity index (χ1n) is 11.0. The van der Waals surface area contributed by atoms with Crippen molar-refractivity contribution in [2.75, 3.05) is 0 Å². The van der Waals surface area contributed by atoms with Crippen LogP contribution < -0.4 is 0 Å². The monoisotopic (exact) mass is 477 g/mol. The number of halogens is 1. The minimum absolute atomic E-state index is 0.0363. The highest BCUT2D eigenvalue weighted by molar-refractivity contribution is 6.30. The van der Waals surface area contributed by atoms with Crippen molar-refractivity contribution in [1.82, 2.24) is 4.57 Å². The Morgan fingerprint density at radius 2 is 1.37 bits per heavy atom. The summed E-state index contributed by atoms with van der Waals surface area (Å²) in [6, 6.07) is 36.4. The number of aliphatic imine (C=N–C) groups is 1. The molecule has 1 aromatic heterocycles. The van der Waals surface area contributed by atoms with E-state index >= 15 is 0 Å². The lowest BCUT2D eigenvalue weighted by Crippen LogP contribution is -2.00. The summed E-state index contributed by atoms with van der Waals surface area (Å²) in [6.45, 7) is 0. The zero-order chi connectivity index (χ0) is 24.2. The largest absolute Gasteiger partial charge is 0.309 e. The van der Waals surface area contributed by atoms with Gasteiger partial charge >= 0.3 is 0 Å².